The van der Waals surface area contributed by atoms with Gasteiger partial charge in [-0.1, -0.05) is 11.2 Å². The van der Waals surface area contributed by atoms with E-state index in [0.717, 1.165) is 38.8 Å². The van der Waals surface area contributed by atoms with Crippen LogP contribution in [0, 0.1) is 6.92 Å². The van der Waals surface area contributed by atoms with Crippen molar-refractivity contribution in [3.63, 3.8) is 0 Å². The minimum absolute atomic E-state index is 0.106. The fourth-order valence-corrected chi connectivity index (χ4v) is 4.74. The highest BCUT2D eigenvalue weighted by atomic mass is 32.1. The molecule has 0 N–H and O–H groups in total. The second-order valence-electron chi connectivity index (χ2n) is 6.56. The summed E-state index contributed by atoms with van der Waals surface area (Å²) >= 11 is 1.74. The van der Waals surface area contributed by atoms with Crippen LogP contribution in [-0.2, 0) is 4.79 Å². The zero-order valence-electron chi connectivity index (χ0n) is 13.9. The van der Waals surface area contributed by atoms with Crippen LogP contribution in [0.25, 0.3) is 0 Å². The first kappa shape index (κ1) is 15.8. The van der Waals surface area contributed by atoms with Gasteiger partial charge in [-0.15, -0.1) is 11.3 Å². The summed E-state index contributed by atoms with van der Waals surface area (Å²) in [7, 11) is 0. The molecule has 2 aliphatic heterocycles. The largest absolute Gasteiger partial charge is 0.340 e. The van der Waals surface area contributed by atoms with Crippen molar-refractivity contribution < 1.29 is 9.32 Å². The molecule has 2 aromatic heterocycles. The normalized spacial score (nSPS) is 24.8. The lowest BCUT2D eigenvalue weighted by Crippen LogP contribution is -2.39. The smallest absolute Gasteiger partial charge is 0.237 e. The molecule has 4 heterocycles. The summed E-state index contributed by atoms with van der Waals surface area (Å²) in [6.07, 6.45) is 4.21. The Bertz CT molecular complexity index is 699. The predicted molar refractivity (Wildman–Crippen MR) is 90.6 cm³/mol. The number of hydrogen-bond acceptors (Lipinski definition) is 6. The summed E-state index contributed by atoms with van der Waals surface area (Å²) in [5, 5.41) is 6.15. The Morgan fingerprint density at radius 3 is 2.92 bits per heavy atom. The van der Waals surface area contributed by atoms with Gasteiger partial charge >= 0.3 is 0 Å². The molecule has 7 heteroatoms. The summed E-state index contributed by atoms with van der Waals surface area (Å²) in [5.74, 6) is 1.52. The average Bonchev–Trinajstić information content (AvgIpc) is 3.34. The zero-order chi connectivity index (χ0) is 16.5. The van der Waals surface area contributed by atoms with Crippen LogP contribution in [0.15, 0.2) is 22.0 Å². The third kappa shape index (κ3) is 2.98. The van der Waals surface area contributed by atoms with Crippen LogP contribution in [0.5, 0.6) is 0 Å². The Morgan fingerprint density at radius 1 is 1.33 bits per heavy atom. The van der Waals surface area contributed by atoms with Crippen LogP contribution in [0.2, 0.25) is 0 Å². The highest BCUT2D eigenvalue weighted by Crippen LogP contribution is 2.35. The van der Waals surface area contributed by atoms with Crippen molar-refractivity contribution in [3.05, 3.63) is 34.1 Å². The molecule has 2 saturated heterocycles. The van der Waals surface area contributed by atoms with Gasteiger partial charge in [0.25, 0.3) is 0 Å². The number of likely N-dealkylation sites (tertiary alicyclic amines) is 2. The van der Waals surface area contributed by atoms with Gasteiger partial charge < -0.3 is 9.42 Å². The number of carbonyl (C=O) groups is 1. The van der Waals surface area contributed by atoms with Gasteiger partial charge in [0.05, 0.1) is 18.6 Å². The molecule has 0 saturated carbocycles. The molecule has 2 aromatic rings. The van der Waals surface area contributed by atoms with Crippen molar-refractivity contribution >= 4 is 17.2 Å². The lowest BCUT2D eigenvalue weighted by Gasteiger charge is -2.28. The van der Waals surface area contributed by atoms with Gasteiger partial charge in [-0.3, -0.25) is 9.69 Å². The number of thiophene rings is 1. The van der Waals surface area contributed by atoms with Crippen LogP contribution in [0.3, 0.4) is 0 Å². The summed E-state index contributed by atoms with van der Waals surface area (Å²) < 4.78 is 5.11. The molecule has 2 aliphatic rings. The number of amides is 1. The first-order valence-corrected chi connectivity index (χ1v) is 9.47. The maximum atomic E-state index is 12.9. The van der Waals surface area contributed by atoms with E-state index in [1.54, 1.807) is 18.3 Å². The lowest BCUT2D eigenvalue weighted by molar-refractivity contribution is -0.133. The molecule has 0 spiro atoms. The number of nitrogens with zero attached hydrogens (tertiary/aromatic N) is 4. The molecular formula is C17H22N4O2S. The summed E-state index contributed by atoms with van der Waals surface area (Å²) in [6, 6.07) is 4.57. The van der Waals surface area contributed by atoms with Crippen LogP contribution >= 0.6 is 11.3 Å². The molecule has 0 radical (unpaired) electrons. The zero-order valence-corrected chi connectivity index (χ0v) is 14.7. The Morgan fingerprint density at radius 2 is 2.17 bits per heavy atom. The van der Waals surface area contributed by atoms with Crippen molar-refractivity contribution in [2.75, 3.05) is 19.6 Å². The number of aryl methyl sites for hydroxylation is 1. The molecule has 1 amide bonds. The van der Waals surface area contributed by atoms with E-state index in [1.807, 2.05) is 0 Å². The van der Waals surface area contributed by atoms with Gasteiger partial charge in [0, 0.05) is 18.3 Å². The molecule has 0 bridgehead atoms. The monoisotopic (exact) mass is 346 g/mol. The summed E-state index contributed by atoms with van der Waals surface area (Å²) in [5.41, 5.74) is 0. The first-order valence-electron chi connectivity index (χ1n) is 8.59. The number of aromatic nitrogens is 2. The number of rotatable bonds is 4. The van der Waals surface area contributed by atoms with E-state index >= 15 is 0 Å². The second-order valence-corrected chi connectivity index (χ2v) is 7.54. The number of hydrogen-bond donors (Lipinski definition) is 0. The minimum atomic E-state index is 0.106. The van der Waals surface area contributed by atoms with E-state index in [0.29, 0.717) is 18.3 Å². The van der Waals surface area contributed by atoms with Crippen LogP contribution in [0.1, 0.15) is 54.4 Å². The minimum Gasteiger partial charge on any atom is -0.340 e. The van der Waals surface area contributed by atoms with Crippen molar-refractivity contribution in [3.8, 4) is 0 Å². The second kappa shape index (κ2) is 6.64. The van der Waals surface area contributed by atoms with E-state index < -0.39 is 0 Å². The fraction of sp³-hybridized carbons (Fsp3) is 0.588. The topological polar surface area (TPSA) is 62.5 Å². The van der Waals surface area contributed by atoms with Gasteiger partial charge in [-0.05, 0) is 43.7 Å². The van der Waals surface area contributed by atoms with E-state index in [2.05, 4.69) is 37.5 Å². The first-order chi connectivity index (χ1) is 11.7. The maximum Gasteiger partial charge on any atom is 0.237 e. The van der Waals surface area contributed by atoms with E-state index in [9.17, 15) is 4.79 Å². The molecule has 128 valence electrons. The highest BCUT2D eigenvalue weighted by molar-refractivity contribution is 7.10. The Kier molecular flexibility index (Phi) is 4.37. The molecule has 2 atom stereocenters. The molecule has 6 nitrogen and oxygen atoms in total. The molecule has 24 heavy (non-hydrogen) atoms. The summed E-state index contributed by atoms with van der Waals surface area (Å²) in [6.45, 7) is 4.03. The maximum absolute atomic E-state index is 12.9. The number of carbonyl (C=O) groups excluding carboxylic acids is 1. The lowest BCUT2D eigenvalue weighted by atomic mass is 10.2. The van der Waals surface area contributed by atoms with Gasteiger partial charge in [0.1, 0.15) is 0 Å². The van der Waals surface area contributed by atoms with Gasteiger partial charge in [0.2, 0.25) is 11.8 Å². The average molecular weight is 346 g/mol. The van der Waals surface area contributed by atoms with Crippen molar-refractivity contribution in [2.45, 2.75) is 44.7 Å². The van der Waals surface area contributed by atoms with Crippen LogP contribution in [0.4, 0.5) is 0 Å². The van der Waals surface area contributed by atoms with Gasteiger partial charge in [-0.2, -0.15) is 4.98 Å². The van der Waals surface area contributed by atoms with E-state index in [-0.39, 0.29) is 18.0 Å². The predicted octanol–water partition coefficient (Wildman–Crippen LogP) is 2.94. The molecule has 0 aromatic carbocycles. The molecule has 4 rings (SSSR count). The SMILES string of the molecule is Cc1nc([C@@H]2CCCN2CC(=O)N2CCC[C@H]2c2cccs2)no1. The third-order valence-electron chi connectivity index (χ3n) is 4.99. The van der Waals surface area contributed by atoms with Gasteiger partial charge in [-0.25, -0.2) is 0 Å². The molecular weight excluding hydrogens is 324 g/mol. The summed E-state index contributed by atoms with van der Waals surface area (Å²) in [4.78, 5) is 22.8. The van der Waals surface area contributed by atoms with Crippen molar-refractivity contribution in [1.82, 2.24) is 19.9 Å². The van der Waals surface area contributed by atoms with Gasteiger partial charge in [0.15, 0.2) is 5.82 Å². The van der Waals surface area contributed by atoms with Crippen molar-refractivity contribution in [2.24, 2.45) is 0 Å². The van der Waals surface area contributed by atoms with Crippen LogP contribution in [-0.4, -0.2) is 45.5 Å². The molecule has 0 unspecified atom stereocenters. The Balaban J connectivity index is 1.45. The standard InChI is InChI=1S/C17H22N4O2S/c1-12-18-17(19-23-12)14-6-2-8-20(14)11-16(22)21-9-3-5-13(21)15-7-4-10-24-15/h4,7,10,13-14H,2-3,5-6,8-9,11H2,1H3/t13-,14-/m0/s1. The Hall–Kier alpha value is -1.73. The van der Waals surface area contributed by atoms with Crippen LogP contribution < -0.4 is 0 Å². The van der Waals surface area contributed by atoms with E-state index in [1.165, 1.54) is 4.88 Å². The molecule has 2 fully saturated rings. The fourth-order valence-electron chi connectivity index (χ4n) is 3.86. The van der Waals surface area contributed by atoms with Crippen molar-refractivity contribution in [1.29, 1.82) is 0 Å². The Labute approximate surface area is 145 Å². The molecule has 0 aliphatic carbocycles. The highest BCUT2D eigenvalue weighted by Gasteiger charge is 2.35. The third-order valence-corrected chi connectivity index (χ3v) is 5.96. The van der Waals surface area contributed by atoms with E-state index in [4.69, 9.17) is 4.52 Å². The quantitative estimate of drug-likeness (QED) is 0.852.